The number of hydrogen-bond donors (Lipinski definition) is 1. The largest absolute Gasteiger partial charge is 0.461 e. The number of nitrogens with one attached hydrogen (secondary N) is 1. The Kier molecular flexibility index (Phi) is 5.89. The molecule has 0 bridgehead atoms. The number of carbonyl (C=O) groups excluding carboxylic acids is 1. The highest BCUT2D eigenvalue weighted by molar-refractivity contribution is 5.98. The Balaban J connectivity index is 2.39. The van der Waals surface area contributed by atoms with Gasteiger partial charge in [-0.2, -0.15) is 5.10 Å². The van der Waals surface area contributed by atoms with Crippen LogP contribution in [0.5, 0.6) is 0 Å². The van der Waals surface area contributed by atoms with Crippen molar-refractivity contribution in [3.8, 4) is 0 Å². The third-order valence-electron chi connectivity index (χ3n) is 3.49. The second kappa shape index (κ2) is 7.89. The van der Waals surface area contributed by atoms with Gasteiger partial charge in [0.1, 0.15) is 5.69 Å². The van der Waals surface area contributed by atoms with Gasteiger partial charge in [-0.1, -0.05) is 0 Å². The molecule has 2 heterocycles. The van der Waals surface area contributed by atoms with Crippen LogP contribution in [-0.4, -0.2) is 54.3 Å². The molecule has 2 aromatic rings. The lowest BCUT2D eigenvalue weighted by molar-refractivity contribution is 0.0501. The van der Waals surface area contributed by atoms with E-state index in [4.69, 9.17) is 14.2 Å². The first-order valence-corrected chi connectivity index (χ1v) is 7.42. The Bertz CT molecular complexity index is 735. The lowest BCUT2D eigenvalue weighted by Crippen LogP contribution is -2.16. The van der Waals surface area contributed by atoms with Crippen LogP contribution in [0.3, 0.4) is 0 Å². The number of aromatic nitrogens is 3. The first kappa shape index (κ1) is 17.2. The van der Waals surface area contributed by atoms with Crippen LogP contribution in [0, 0.1) is 6.92 Å². The second-order valence-electron chi connectivity index (χ2n) is 4.91. The standard InChI is InChI=1S/C15H21N3O5/c1-4-23-15(20)13-10(2)12-11(9-16-17-14(12)19)18(13)5-6-22-8-7-21-3/h9H,4-8H2,1-3H3,(H,17,19). The molecule has 0 atom stereocenters. The number of carbonyl (C=O) groups is 1. The molecular weight excluding hydrogens is 302 g/mol. The van der Waals surface area contributed by atoms with Crippen LogP contribution in [0.1, 0.15) is 23.0 Å². The van der Waals surface area contributed by atoms with E-state index in [0.29, 0.717) is 48.5 Å². The van der Waals surface area contributed by atoms with Crippen molar-refractivity contribution in [1.82, 2.24) is 14.8 Å². The van der Waals surface area contributed by atoms with Gasteiger partial charge in [-0.05, 0) is 19.4 Å². The van der Waals surface area contributed by atoms with Crippen LogP contribution in [0.4, 0.5) is 0 Å². The molecule has 0 radical (unpaired) electrons. The number of aryl methyl sites for hydroxylation is 1. The lowest BCUT2D eigenvalue weighted by atomic mass is 10.2. The van der Waals surface area contributed by atoms with Crippen LogP contribution < -0.4 is 5.56 Å². The summed E-state index contributed by atoms with van der Waals surface area (Å²) in [5.41, 5.74) is 1.20. The normalized spacial score (nSPS) is 11.1. The molecule has 23 heavy (non-hydrogen) atoms. The molecule has 0 saturated carbocycles. The Labute approximate surface area is 133 Å². The highest BCUT2D eigenvalue weighted by Crippen LogP contribution is 2.22. The van der Waals surface area contributed by atoms with Gasteiger partial charge < -0.3 is 18.8 Å². The van der Waals surface area contributed by atoms with Crippen molar-refractivity contribution in [3.05, 3.63) is 27.8 Å². The summed E-state index contributed by atoms with van der Waals surface area (Å²) in [4.78, 5) is 24.3. The molecule has 0 fully saturated rings. The highest BCUT2D eigenvalue weighted by Gasteiger charge is 2.23. The monoisotopic (exact) mass is 323 g/mol. The number of fused-ring (bicyclic) bond motifs is 1. The number of H-pyrrole nitrogens is 1. The quantitative estimate of drug-likeness (QED) is 0.572. The van der Waals surface area contributed by atoms with E-state index >= 15 is 0 Å². The van der Waals surface area contributed by atoms with Crippen LogP contribution in [0.25, 0.3) is 10.9 Å². The van der Waals surface area contributed by atoms with E-state index in [0.717, 1.165) is 0 Å². The molecular formula is C15H21N3O5. The fourth-order valence-corrected chi connectivity index (χ4v) is 2.49. The van der Waals surface area contributed by atoms with Gasteiger partial charge in [0.15, 0.2) is 0 Å². The highest BCUT2D eigenvalue weighted by atomic mass is 16.5. The molecule has 8 heteroatoms. The van der Waals surface area contributed by atoms with Gasteiger partial charge in [-0.25, -0.2) is 9.89 Å². The van der Waals surface area contributed by atoms with Crippen molar-refractivity contribution in [1.29, 1.82) is 0 Å². The molecule has 8 nitrogen and oxygen atoms in total. The maximum Gasteiger partial charge on any atom is 0.355 e. The van der Waals surface area contributed by atoms with Gasteiger partial charge >= 0.3 is 5.97 Å². The molecule has 0 saturated heterocycles. The Morgan fingerprint density at radius 1 is 1.35 bits per heavy atom. The van der Waals surface area contributed by atoms with Gasteiger partial charge in [0, 0.05) is 13.7 Å². The average Bonchev–Trinajstić information content (AvgIpc) is 2.81. The third kappa shape index (κ3) is 3.59. The minimum atomic E-state index is -0.461. The molecule has 126 valence electrons. The average molecular weight is 323 g/mol. The minimum Gasteiger partial charge on any atom is -0.461 e. The summed E-state index contributed by atoms with van der Waals surface area (Å²) in [5.74, 6) is -0.461. The van der Waals surface area contributed by atoms with E-state index in [1.807, 2.05) is 0 Å². The maximum atomic E-state index is 12.3. The number of rotatable bonds is 8. The van der Waals surface area contributed by atoms with Gasteiger partial charge in [-0.15, -0.1) is 0 Å². The molecule has 0 aliphatic rings. The zero-order chi connectivity index (χ0) is 16.8. The molecule has 0 aromatic carbocycles. The second-order valence-corrected chi connectivity index (χ2v) is 4.91. The summed E-state index contributed by atoms with van der Waals surface area (Å²) < 4.78 is 17.2. The minimum absolute atomic E-state index is 0.263. The third-order valence-corrected chi connectivity index (χ3v) is 3.49. The molecule has 2 rings (SSSR count). The fraction of sp³-hybridized carbons (Fsp3) is 0.533. The van der Waals surface area contributed by atoms with Crippen molar-refractivity contribution >= 4 is 16.9 Å². The van der Waals surface area contributed by atoms with E-state index in [-0.39, 0.29) is 12.2 Å². The molecule has 0 unspecified atom stereocenters. The van der Waals surface area contributed by atoms with Crippen LogP contribution in [0.2, 0.25) is 0 Å². The first-order valence-electron chi connectivity index (χ1n) is 7.42. The summed E-state index contributed by atoms with van der Waals surface area (Å²) in [6, 6.07) is 0. The summed E-state index contributed by atoms with van der Waals surface area (Å²) in [5, 5.41) is 6.66. The molecule has 0 amide bonds. The predicted octanol–water partition coefficient (Wildman–Crippen LogP) is 0.873. The molecule has 0 aliphatic carbocycles. The molecule has 1 N–H and O–H groups in total. The Morgan fingerprint density at radius 2 is 2.13 bits per heavy atom. The van der Waals surface area contributed by atoms with E-state index in [1.54, 1.807) is 25.5 Å². The van der Waals surface area contributed by atoms with Crippen molar-refractivity contribution in [2.75, 3.05) is 33.5 Å². The summed E-state index contributed by atoms with van der Waals surface area (Å²) in [7, 11) is 1.60. The zero-order valence-corrected chi connectivity index (χ0v) is 13.5. The number of nitrogens with zero attached hydrogens (tertiary/aromatic N) is 2. The van der Waals surface area contributed by atoms with Gasteiger partial charge in [0.05, 0.1) is 43.5 Å². The van der Waals surface area contributed by atoms with E-state index < -0.39 is 5.97 Å². The fourth-order valence-electron chi connectivity index (χ4n) is 2.49. The lowest BCUT2D eigenvalue weighted by Gasteiger charge is -2.11. The van der Waals surface area contributed by atoms with E-state index in [2.05, 4.69) is 10.2 Å². The predicted molar refractivity (Wildman–Crippen MR) is 83.7 cm³/mol. The zero-order valence-electron chi connectivity index (χ0n) is 13.5. The molecule has 0 spiro atoms. The van der Waals surface area contributed by atoms with Crippen molar-refractivity contribution < 1.29 is 19.0 Å². The number of ether oxygens (including phenoxy) is 3. The number of hydrogen-bond acceptors (Lipinski definition) is 6. The summed E-state index contributed by atoms with van der Waals surface area (Å²) in [6.45, 7) is 5.48. The summed E-state index contributed by atoms with van der Waals surface area (Å²) >= 11 is 0. The SMILES string of the molecule is CCOC(=O)c1c(C)c2c(=O)[nH]ncc2n1CCOCCOC. The summed E-state index contributed by atoms with van der Waals surface area (Å²) in [6.07, 6.45) is 1.53. The maximum absolute atomic E-state index is 12.3. The van der Waals surface area contributed by atoms with Crippen LogP contribution in [-0.2, 0) is 20.8 Å². The number of aromatic amines is 1. The van der Waals surface area contributed by atoms with Crippen LogP contribution >= 0.6 is 0 Å². The van der Waals surface area contributed by atoms with Crippen LogP contribution in [0.15, 0.2) is 11.0 Å². The molecule has 0 aliphatic heterocycles. The Hall–Kier alpha value is -2.19. The topological polar surface area (TPSA) is 95.4 Å². The van der Waals surface area contributed by atoms with Gasteiger partial charge in [0.25, 0.3) is 5.56 Å². The smallest absolute Gasteiger partial charge is 0.355 e. The van der Waals surface area contributed by atoms with Gasteiger partial charge in [0.2, 0.25) is 0 Å². The molecule has 2 aromatic heterocycles. The Morgan fingerprint density at radius 3 is 2.83 bits per heavy atom. The number of methoxy groups -OCH3 is 1. The number of esters is 1. The van der Waals surface area contributed by atoms with E-state index in [1.165, 1.54) is 6.20 Å². The van der Waals surface area contributed by atoms with E-state index in [9.17, 15) is 9.59 Å². The first-order chi connectivity index (χ1) is 11.1. The van der Waals surface area contributed by atoms with Gasteiger partial charge in [-0.3, -0.25) is 4.79 Å². The van der Waals surface area contributed by atoms with Crippen molar-refractivity contribution in [2.24, 2.45) is 0 Å². The van der Waals surface area contributed by atoms with Crippen molar-refractivity contribution in [3.63, 3.8) is 0 Å². The van der Waals surface area contributed by atoms with Crippen molar-refractivity contribution in [2.45, 2.75) is 20.4 Å².